The summed E-state index contributed by atoms with van der Waals surface area (Å²) in [4.78, 5) is 33.1. The lowest BCUT2D eigenvalue weighted by Gasteiger charge is -2.22. The van der Waals surface area contributed by atoms with E-state index in [1.54, 1.807) is 12.1 Å². The predicted octanol–water partition coefficient (Wildman–Crippen LogP) is -0.0830. The van der Waals surface area contributed by atoms with Gasteiger partial charge in [-0.25, -0.2) is 19.5 Å². The first-order chi connectivity index (χ1) is 16.7. The van der Waals surface area contributed by atoms with Crippen LogP contribution in [0.25, 0.3) is 11.2 Å². The zero-order chi connectivity index (χ0) is 25.2. The number of phosphoric acid groups is 1. The molecule has 4 rings (SSSR count). The highest BCUT2D eigenvalue weighted by Crippen LogP contribution is 2.40. The fourth-order valence-electron chi connectivity index (χ4n) is 3.57. The Balaban J connectivity index is 1.58. The van der Waals surface area contributed by atoms with Crippen molar-refractivity contribution in [2.75, 3.05) is 26.1 Å². The van der Waals surface area contributed by atoms with Crippen molar-refractivity contribution in [3.63, 3.8) is 0 Å². The number of aliphatic hydroxyl groups is 2. The van der Waals surface area contributed by atoms with Gasteiger partial charge in [0, 0.05) is 6.54 Å². The molecule has 16 heteroatoms. The van der Waals surface area contributed by atoms with E-state index in [0.29, 0.717) is 34.0 Å². The Morgan fingerprint density at radius 2 is 1.89 bits per heavy atom. The zero-order valence-electron chi connectivity index (χ0n) is 18.6. The van der Waals surface area contributed by atoms with Gasteiger partial charge in [0.15, 0.2) is 23.0 Å². The van der Waals surface area contributed by atoms with Gasteiger partial charge in [-0.15, -0.1) is 0 Å². The Kier molecular flexibility index (Phi) is 7.37. The second kappa shape index (κ2) is 10.3. The lowest BCUT2D eigenvalue weighted by atomic mass is 10.1. The number of methoxy groups -OCH3 is 2. The second-order valence-corrected chi connectivity index (χ2v) is 8.62. The van der Waals surface area contributed by atoms with Crippen LogP contribution in [0, 0.1) is 0 Å². The van der Waals surface area contributed by atoms with Crippen molar-refractivity contribution in [1.29, 1.82) is 0 Å². The average Bonchev–Trinajstić information content (AvgIpc) is 3.41. The van der Waals surface area contributed by atoms with E-state index in [0.717, 1.165) is 0 Å². The van der Waals surface area contributed by atoms with Crippen LogP contribution in [0.1, 0.15) is 5.56 Å². The van der Waals surface area contributed by atoms with Crippen molar-refractivity contribution in [2.24, 2.45) is 0 Å². The van der Waals surface area contributed by atoms with Crippen LogP contribution in [-0.4, -0.2) is 85.4 Å². The molecule has 4 atom stereocenters. The van der Waals surface area contributed by atoms with E-state index >= 15 is 0 Å². The first-order valence-corrected chi connectivity index (χ1v) is 11.7. The van der Waals surface area contributed by atoms with Gasteiger partial charge in [-0.3, -0.25) is 4.52 Å². The first-order valence-electron chi connectivity index (χ1n) is 10.2. The van der Waals surface area contributed by atoms with E-state index in [1.165, 1.54) is 26.9 Å². The highest BCUT2D eigenvalue weighted by atomic mass is 31.2. The van der Waals surface area contributed by atoms with Gasteiger partial charge in [0.05, 0.1) is 32.7 Å². The maximum absolute atomic E-state index is 11.0. The molecule has 1 fully saturated rings. The third-order valence-corrected chi connectivity index (χ3v) is 5.72. The van der Waals surface area contributed by atoms with E-state index in [-0.39, 0.29) is 12.3 Å². The molecule has 0 spiro atoms. The molecule has 0 bridgehead atoms. The molecular weight excluding hydrogens is 489 g/mol. The molecule has 1 unspecified atom stereocenters. The van der Waals surface area contributed by atoms with Crippen LogP contribution in [0.3, 0.4) is 0 Å². The molecule has 3 aromatic rings. The van der Waals surface area contributed by atoms with Crippen LogP contribution in [0.4, 0.5) is 5.82 Å². The highest BCUT2D eigenvalue weighted by molar-refractivity contribution is 7.46. The summed E-state index contributed by atoms with van der Waals surface area (Å²) in [6.45, 7) is -0.534. The summed E-state index contributed by atoms with van der Waals surface area (Å²) in [5.41, 5.74) is 1.53. The normalized spacial score (nSPS) is 22.3. The molecule has 0 radical (unpaired) electrons. The number of H-pyrrole nitrogens is 1. The summed E-state index contributed by atoms with van der Waals surface area (Å²) in [7, 11) is -1.88. The molecule has 190 valence electrons. The van der Waals surface area contributed by atoms with Gasteiger partial charge in [0.1, 0.15) is 35.9 Å². The van der Waals surface area contributed by atoms with E-state index in [9.17, 15) is 14.8 Å². The Bertz CT molecular complexity index is 1220. The fraction of sp³-hybridized carbons (Fsp3) is 0.421. The molecule has 0 aliphatic carbocycles. The Morgan fingerprint density at radius 3 is 2.60 bits per heavy atom. The maximum atomic E-state index is 11.0. The number of ether oxygens (including phenoxy) is 4. The van der Waals surface area contributed by atoms with Crippen molar-refractivity contribution < 1.29 is 48.0 Å². The van der Waals surface area contributed by atoms with Crippen molar-refractivity contribution in [3.05, 3.63) is 30.4 Å². The first kappa shape index (κ1) is 25.1. The van der Waals surface area contributed by atoms with E-state index in [4.69, 9.17) is 28.7 Å². The quantitative estimate of drug-likeness (QED) is 0.196. The number of aromatic amines is 1. The number of aromatic nitrogens is 4. The summed E-state index contributed by atoms with van der Waals surface area (Å²) < 4.78 is 37.6. The molecule has 2 aromatic heterocycles. The molecule has 35 heavy (non-hydrogen) atoms. The topological polar surface area (TPSA) is 211 Å². The number of benzene rings is 1. The van der Waals surface area contributed by atoms with Gasteiger partial charge >= 0.3 is 7.82 Å². The van der Waals surface area contributed by atoms with E-state index in [2.05, 4.69) is 29.8 Å². The summed E-state index contributed by atoms with van der Waals surface area (Å²) >= 11 is 0. The van der Waals surface area contributed by atoms with Crippen LogP contribution in [0.5, 0.6) is 17.2 Å². The van der Waals surface area contributed by atoms with Gasteiger partial charge < -0.3 is 49.2 Å². The van der Waals surface area contributed by atoms with E-state index in [1.807, 2.05) is 0 Å². The number of imidazole rings is 1. The Labute approximate surface area is 198 Å². The third-order valence-electron chi connectivity index (χ3n) is 5.23. The van der Waals surface area contributed by atoms with Gasteiger partial charge in [-0.05, 0) is 12.1 Å². The third kappa shape index (κ3) is 5.46. The highest BCUT2D eigenvalue weighted by Gasteiger charge is 2.45. The van der Waals surface area contributed by atoms with Crippen LogP contribution in [0.2, 0.25) is 0 Å². The number of hydrogen-bond donors (Lipinski definition) is 6. The summed E-state index contributed by atoms with van der Waals surface area (Å²) in [6.07, 6.45) is -2.80. The van der Waals surface area contributed by atoms with Crippen LogP contribution in [-0.2, 0) is 20.4 Å². The van der Waals surface area contributed by atoms with Crippen LogP contribution >= 0.6 is 7.82 Å². The van der Waals surface area contributed by atoms with Crippen molar-refractivity contribution in [3.8, 4) is 17.2 Å². The fourth-order valence-corrected chi connectivity index (χ4v) is 3.91. The van der Waals surface area contributed by atoms with E-state index < -0.39 is 39.0 Å². The number of hydrogen-bond acceptors (Lipinski definition) is 12. The van der Waals surface area contributed by atoms with Gasteiger partial charge in [-0.2, -0.15) is 0 Å². The molecule has 15 nitrogen and oxygen atoms in total. The number of nitrogens with zero attached hydrogens (tertiary/aromatic N) is 3. The minimum atomic E-state index is -4.80. The lowest BCUT2D eigenvalue weighted by Crippen LogP contribution is -2.36. The van der Waals surface area contributed by atoms with Crippen LogP contribution < -0.4 is 19.5 Å². The summed E-state index contributed by atoms with van der Waals surface area (Å²) in [6, 6.07) is 3.15. The maximum Gasteiger partial charge on any atom is 0.469 e. The average molecular weight is 513 g/mol. The molecule has 6 N–H and O–H groups in total. The van der Waals surface area contributed by atoms with Crippen molar-refractivity contribution in [1.82, 2.24) is 19.9 Å². The molecular formula is C19H24N5O10P. The Morgan fingerprint density at radius 1 is 1.11 bits per heavy atom. The molecule has 1 saturated heterocycles. The summed E-state index contributed by atoms with van der Waals surface area (Å²) in [5.74, 6) is 1.43. The molecule has 0 amide bonds. The van der Waals surface area contributed by atoms with Gasteiger partial charge in [0.25, 0.3) is 0 Å². The predicted molar refractivity (Wildman–Crippen MR) is 118 cm³/mol. The number of anilines is 1. The van der Waals surface area contributed by atoms with Crippen LogP contribution in [0.15, 0.2) is 24.8 Å². The molecule has 1 aliphatic heterocycles. The van der Waals surface area contributed by atoms with Gasteiger partial charge in [0.2, 0.25) is 6.29 Å². The second-order valence-electron chi connectivity index (χ2n) is 7.38. The minimum absolute atomic E-state index is 0.122. The number of fused-ring (bicyclic) bond motifs is 1. The number of nitrogens with one attached hydrogen (secondary N) is 2. The molecule has 3 heterocycles. The smallest absolute Gasteiger partial charge is 0.469 e. The number of aliphatic hydroxyl groups excluding tert-OH is 2. The number of rotatable bonds is 10. The lowest BCUT2D eigenvalue weighted by molar-refractivity contribution is -0.116. The molecule has 1 aromatic carbocycles. The molecule has 1 aliphatic rings. The minimum Gasteiger partial charge on any atom is -0.493 e. The van der Waals surface area contributed by atoms with Gasteiger partial charge in [-0.1, -0.05) is 0 Å². The standard InChI is InChI=1S/C19H24N5O10P/c1-30-11-4-3-10(33-19-15(26)14(25)12(34-19)6-32-35(27,28)29)9(16(11)31-2)5-20-17-13-18(22-7-21-13)24-8-23-17/h3-4,7-8,12,14-15,19,25-26H,5-6H2,1-2H3,(H2,27,28,29)(H2,20,21,22,23,24)/t12-,14-,15-,19?/m1/s1. The largest absolute Gasteiger partial charge is 0.493 e. The zero-order valence-corrected chi connectivity index (χ0v) is 19.5. The monoisotopic (exact) mass is 513 g/mol. The summed E-state index contributed by atoms with van der Waals surface area (Å²) in [5, 5.41) is 23.8. The SMILES string of the molecule is COc1ccc(OC2O[C@H](COP(=O)(O)O)[C@@H](O)[C@H]2O)c(CNc2ncnc3nc[nH]c23)c1OC. The van der Waals surface area contributed by atoms with Crippen molar-refractivity contribution in [2.45, 2.75) is 31.1 Å². The Hall–Kier alpha value is -3.04. The number of phosphoric ester groups is 1. The van der Waals surface area contributed by atoms with Crippen molar-refractivity contribution >= 4 is 24.8 Å². The molecule has 0 saturated carbocycles.